The van der Waals surface area contributed by atoms with Gasteiger partial charge in [0.1, 0.15) is 5.75 Å². The molecule has 0 bridgehead atoms. The number of rotatable bonds is 8. The fourth-order valence-electron chi connectivity index (χ4n) is 3.26. The van der Waals surface area contributed by atoms with Gasteiger partial charge in [0.15, 0.2) is 22.4 Å². The van der Waals surface area contributed by atoms with Crippen LogP contribution in [0, 0.1) is 0 Å². The summed E-state index contributed by atoms with van der Waals surface area (Å²) in [6.07, 6.45) is 1.57. The lowest BCUT2D eigenvalue weighted by atomic mass is 10.2. The second-order valence-corrected chi connectivity index (χ2v) is 8.35. The minimum absolute atomic E-state index is 0.0755. The van der Waals surface area contributed by atoms with Crippen LogP contribution in [-0.4, -0.2) is 39.3 Å². The number of anilines is 1. The number of H-pyrrole nitrogens is 1. The number of ether oxygens (including phenoxy) is 3. The number of nitrogens with one attached hydrogen (secondary N) is 2. The second kappa shape index (κ2) is 9.70. The first-order chi connectivity index (χ1) is 16.0. The minimum Gasteiger partial charge on any atom is -0.493 e. The summed E-state index contributed by atoms with van der Waals surface area (Å²) < 4.78 is 29.7. The van der Waals surface area contributed by atoms with E-state index in [0.717, 1.165) is 0 Å². The van der Waals surface area contributed by atoms with Gasteiger partial charge in [0.25, 0.3) is 0 Å². The number of carbonyl (C=O) groups excluding carboxylic acids is 1. The average Bonchev–Trinajstić information content (AvgIpc) is 3.22. The van der Waals surface area contributed by atoms with Gasteiger partial charge in [-0.25, -0.2) is 4.98 Å². The molecule has 2 aromatic heterocycles. The topological polar surface area (TPSA) is 115 Å². The first kappa shape index (κ1) is 22.3. The SMILES string of the molecule is COc1ccnc(CS(=O)c2nc3cc(Oc4ccccc4)c(NC(C)=O)cc3[nH]2)c1OC. The molecular formula is C23H22N4O5S. The molecule has 2 N–H and O–H groups in total. The summed E-state index contributed by atoms with van der Waals surface area (Å²) in [7, 11) is 1.49. The van der Waals surface area contributed by atoms with Gasteiger partial charge in [0, 0.05) is 25.3 Å². The second-order valence-electron chi connectivity index (χ2n) is 6.99. The number of amides is 1. The Morgan fingerprint density at radius 2 is 1.88 bits per heavy atom. The Balaban J connectivity index is 1.67. The number of hydrogen-bond acceptors (Lipinski definition) is 7. The molecule has 10 heteroatoms. The fourth-order valence-corrected chi connectivity index (χ4v) is 4.27. The van der Waals surface area contributed by atoms with Crippen LogP contribution >= 0.6 is 0 Å². The van der Waals surface area contributed by atoms with E-state index in [-0.39, 0.29) is 16.8 Å². The summed E-state index contributed by atoms with van der Waals surface area (Å²) in [4.78, 5) is 23.5. The lowest BCUT2D eigenvalue weighted by Crippen LogP contribution is -2.07. The van der Waals surface area contributed by atoms with Crippen molar-refractivity contribution in [3.63, 3.8) is 0 Å². The van der Waals surface area contributed by atoms with Crippen LogP contribution in [0.3, 0.4) is 0 Å². The van der Waals surface area contributed by atoms with Crippen molar-refractivity contribution in [3.05, 3.63) is 60.4 Å². The Morgan fingerprint density at radius 1 is 1.09 bits per heavy atom. The smallest absolute Gasteiger partial charge is 0.221 e. The maximum atomic E-state index is 13.1. The number of carbonyl (C=O) groups is 1. The van der Waals surface area contributed by atoms with Crippen molar-refractivity contribution in [3.8, 4) is 23.0 Å². The molecular weight excluding hydrogens is 444 g/mol. The number of aromatic amines is 1. The van der Waals surface area contributed by atoms with Gasteiger partial charge in [-0.1, -0.05) is 18.2 Å². The zero-order valence-corrected chi connectivity index (χ0v) is 19.1. The van der Waals surface area contributed by atoms with Gasteiger partial charge in [-0.05, 0) is 18.2 Å². The van der Waals surface area contributed by atoms with E-state index in [1.165, 1.54) is 21.1 Å². The normalized spacial score (nSPS) is 11.7. The molecule has 1 atom stereocenters. The Kier molecular flexibility index (Phi) is 6.55. The van der Waals surface area contributed by atoms with Crippen LogP contribution < -0.4 is 19.5 Å². The number of para-hydroxylation sites is 1. The zero-order valence-electron chi connectivity index (χ0n) is 18.2. The average molecular weight is 467 g/mol. The van der Waals surface area contributed by atoms with Crippen molar-refractivity contribution in [1.82, 2.24) is 15.0 Å². The fraction of sp³-hybridized carbons (Fsp3) is 0.174. The van der Waals surface area contributed by atoms with E-state index in [0.29, 0.717) is 45.4 Å². The van der Waals surface area contributed by atoms with E-state index in [1.807, 2.05) is 18.2 Å². The van der Waals surface area contributed by atoms with Crippen LogP contribution in [0.1, 0.15) is 12.6 Å². The van der Waals surface area contributed by atoms with Gasteiger partial charge in [-0.2, -0.15) is 0 Å². The largest absolute Gasteiger partial charge is 0.493 e. The van der Waals surface area contributed by atoms with E-state index in [2.05, 4.69) is 20.3 Å². The summed E-state index contributed by atoms with van der Waals surface area (Å²) in [5.74, 6) is 1.80. The van der Waals surface area contributed by atoms with Gasteiger partial charge < -0.3 is 24.5 Å². The van der Waals surface area contributed by atoms with Crippen LogP contribution in [0.4, 0.5) is 5.69 Å². The Morgan fingerprint density at radius 3 is 2.58 bits per heavy atom. The molecule has 2 aromatic carbocycles. The van der Waals surface area contributed by atoms with Crippen LogP contribution in [0.25, 0.3) is 11.0 Å². The lowest BCUT2D eigenvalue weighted by molar-refractivity contribution is -0.114. The highest BCUT2D eigenvalue weighted by atomic mass is 32.2. The summed E-state index contributed by atoms with van der Waals surface area (Å²) in [6.45, 7) is 1.42. The highest BCUT2D eigenvalue weighted by molar-refractivity contribution is 7.84. The molecule has 0 spiro atoms. The van der Waals surface area contributed by atoms with E-state index < -0.39 is 10.8 Å². The van der Waals surface area contributed by atoms with Crippen LogP contribution in [0.15, 0.2) is 59.9 Å². The quantitative estimate of drug-likeness (QED) is 0.403. The molecule has 0 saturated carbocycles. The van der Waals surface area contributed by atoms with Gasteiger partial charge >= 0.3 is 0 Å². The third-order valence-electron chi connectivity index (χ3n) is 4.69. The summed E-state index contributed by atoms with van der Waals surface area (Å²) in [5.41, 5.74) is 2.11. The molecule has 4 aromatic rings. The lowest BCUT2D eigenvalue weighted by Gasteiger charge is -2.11. The maximum absolute atomic E-state index is 13.1. The molecule has 0 aliphatic heterocycles. The van der Waals surface area contributed by atoms with Crippen LogP contribution in [0.2, 0.25) is 0 Å². The van der Waals surface area contributed by atoms with Gasteiger partial charge in [-0.15, -0.1) is 0 Å². The number of imidazole rings is 1. The van der Waals surface area contributed by atoms with Crippen molar-refractivity contribution < 1.29 is 23.2 Å². The first-order valence-electron chi connectivity index (χ1n) is 9.97. The highest BCUT2D eigenvalue weighted by Gasteiger charge is 2.19. The van der Waals surface area contributed by atoms with E-state index >= 15 is 0 Å². The number of pyridine rings is 1. The van der Waals surface area contributed by atoms with E-state index in [9.17, 15) is 9.00 Å². The third-order valence-corrected chi connectivity index (χ3v) is 5.85. The molecule has 0 radical (unpaired) electrons. The monoisotopic (exact) mass is 466 g/mol. The highest BCUT2D eigenvalue weighted by Crippen LogP contribution is 2.34. The summed E-state index contributed by atoms with van der Waals surface area (Å²) >= 11 is 0. The minimum atomic E-state index is -1.54. The third kappa shape index (κ3) is 4.96. The number of nitrogens with zero attached hydrogens (tertiary/aromatic N) is 2. The zero-order chi connectivity index (χ0) is 23.4. The molecule has 170 valence electrons. The number of benzene rings is 2. The van der Waals surface area contributed by atoms with Crippen molar-refractivity contribution in [1.29, 1.82) is 0 Å². The molecule has 0 aliphatic rings. The van der Waals surface area contributed by atoms with Gasteiger partial charge in [0.2, 0.25) is 5.91 Å². The van der Waals surface area contributed by atoms with Crippen LogP contribution in [0.5, 0.6) is 23.0 Å². The van der Waals surface area contributed by atoms with Crippen molar-refractivity contribution >= 4 is 33.4 Å². The number of methoxy groups -OCH3 is 2. The molecule has 2 heterocycles. The van der Waals surface area contributed by atoms with Gasteiger partial charge in [-0.3, -0.25) is 14.0 Å². The van der Waals surface area contributed by atoms with Crippen molar-refractivity contribution in [2.75, 3.05) is 19.5 Å². The number of aromatic nitrogens is 3. The number of fused-ring (bicyclic) bond motifs is 1. The van der Waals surface area contributed by atoms with Crippen LogP contribution in [-0.2, 0) is 21.3 Å². The molecule has 33 heavy (non-hydrogen) atoms. The molecule has 1 unspecified atom stereocenters. The van der Waals surface area contributed by atoms with Gasteiger partial charge in [0.05, 0.1) is 53.2 Å². The predicted molar refractivity (Wildman–Crippen MR) is 124 cm³/mol. The Labute approximate surface area is 192 Å². The molecule has 0 fully saturated rings. The predicted octanol–water partition coefficient (Wildman–Crippen LogP) is 4.03. The standard InChI is InChI=1S/C23H22N4O5S/c1-14(28)25-18-11-16-17(12-21(18)32-15-7-5-4-6-8-15)27-23(26-16)33(29)13-19-22(31-3)20(30-2)9-10-24-19/h4-12H,13H2,1-3H3,(H,25,28)(H,26,27). The maximum Gasteiger partial charge on any atom is 0.221 e. The summed E-state index contributed by atoms with van der Waals surface area (Å²) in [6, 6.07) is 14.3. The number of hydrogen-bond donors (Lipinski definition) is 2. The summed E-state index contributed by atoms with van der Waals surface area (Å²) in [5, 5.41) is 3.03. The molecule has 0 aliphatic carbocycles. The van der Waals surface area contributed by atoms with E-state index in [1.54, 1.807) is 36.5 Å². The molecule has 1 amide bonds. The molecule has 4 rings (SSSR count). The van der Waals surface area contributed by atoms with E-state index in [4.69, 9.17) is 14.2 Å². The Bertz CT molecular complexity index is 1320. The first-order valence-corrected chi connectivity index (χ1v) is 11.3. The Hall–Kier alpha value is -3.92. The van der Waals surface area contributed by atoms with Crippen molar-refractivity contribution in [2.45, 2.75) is 17.8 Å². The molecule has 0 saturated heterocycles. The van der Waals surface area contributed by atoms with Crippen molar-refractivity contribution in [2.24, 2.45) is 0 Å². The molecule has 9 nitrogen and oxygen atoms in total.